The second kappa shape index (κ2) is 11.3. The van der Waals surface area contributed by atoms with Crippen LogP contribution in [0.15, 0.2) is 29.3 Å². The van der Waals surface area contributed by atoms with E-state index in [4.69, 9.17) is 0 Å². The molecule has 3 rings (SSSR count). The summed E-state index contributed by atoms with van der Waals surface area (Å²) >= 11 is 2.05. The number of thioether (sulfide) groups is 1. The minimum atomic E-state index is 0. The van der Waals surface area contributed by atoms with Crippen molar-refractivity contribution in [3.63, 3.8) is 0 Å². The molecule has 2 aliphatic rings. The number of anilines is 1. The van der Waals surface area contributed by atoms with E-state index in [2.05, 4.69) is 63.5 Å². The Morgan fingerprint density at radius 1 is 1.12 bits per heavy atom. The van der Waals surface area contributed by atoms with E-state index >= 15 is 0 Å². The lowest BCUT2D eigenvalue weighted by atomic mass is 9.87. The second-order valence-electron chi connectivity index (χ2n) is 7.29. The fourth-order valence-electron chi connectivity index (χ4n) is 3.62. The summed E-state index contributed by atoms with van der Waals surface area (Å²) in [4.78, 5) is 6.88. The van der Waals surface area contributed by atoms with Crippen LogP contribution >= 0.6 is 35.7 Å². The van der Waals surface area contributed by atoms with Gasteiger partial charge in [-0.05, 0) is 49.3 Å². The maximum Gasteiger partial charge on any atom is 0.191 e. The molecule has 0 aromatic heterocycles. The van der Waals surface area contributed by atoms with Crippen LogP contribution in [0.3, 0.4) is 0 Å². The number of nitrogens with one attached hydrogen (secondary N) is 2. The molecule has 0 spiro atoms. The Morgan fingerprint density at radius 3 is 2.38 bits per heavy atom. The predicted octanol–water partition coefficient (Wildman–Crippen LogP) is 4.10. The van der Waals surface area contributed by atoms with Gasteiger partial charge in [0.15, 0.2) is 5.96 Å². The zero-order chi connectivity index (χ0) is 17.5. The van der Waals surface area contributed by atoms with Gasteiger partial charge in [0.25, 0.3) is 0 Å². The molecule has 0 radical (unpaired) electrons. The van der Waals surface area contributed by atoms with Crippen LogP contribution in [0.4, 0.5) is 5.69 Å². The van der Waals surface area contributed by atoms with Gasteiger partial charge >= 0.3 is 0 Å². The van der Waals surface area contributed by atoms with Crippen LogP contribution in [0.25, 0.3) is 0 Å². The first-order valence-electron chi connectivity index (χ1n) is 9.63. The summed E-state index contributed by atoms with van der Waals surface area (Å²) in [5.74, 6) is 4.29. The van der Waals surface area contributed by atoms with Gasteiger partial charge < -0.3 is 15.5 Å². The van der Waals surface area contributed by atoms with Gasteiger partial charge in [-0.25, -0.2) is 0 Å². The topological polar surface area (TPSA) is 39.7 Å². The third-order valence-corrected chi connectivity index (χ3v) is 6.30. The summed E-state index contributed by atoms with van der Waals surface area (Å²) < 4.78 is 0. The van der Waals surface area contributed by atoms with Crippen molar-refractivity contribution in [1.29, 1.82) is 0 Å². The number of hydrogen-bond acceptors (Lipinski definition) is 3. The first-order valence-corrected chi connectivity index (χ1v) is 10.8. The van der Waals surface area contributed by atoms with Gasteiger partial charge in [0.05, 0.1) is 0 Å². The zero-order valence-corrected chi connectivity index (χ0v) is 19.2. The highest BCUT2D eigenvalue weighted by Crippen LogP contribution is 2.23. The number of nitrogens with zero attached hydrogens (tertiary/aromatic N) is 2. The molecule has 1 aliphatic carbocycles. The van der Waals surface area contributed by atoms with Crippen LogP contribution in [-0.2, 0) is 6.54 Å². The van der Waals surface area contributed by atoms with Crippen molar-refractivity contribution in [1.82, 2.24) is 10.6 Å². The highest BCUT2D eigenvalue weighted by Gasteiger charge is 2.18. The SMILES string of the molecule is CN=C(NCc1ccc(N2CCSCC2)cc1)NC1CCC(C)CC1.I. The molecule has 0 atom stereocenters. The lowest BCUT2D eigenvalue weighted by Crippen LogP contribution is -2.44. The third kappa shape index (κ3) is 6.51. The summed E-state index contributed by atoms with van der Waals surface area (Å²) in [6.45, 7) is 5.51. The van der Waals surface area contributed by atoms with Gasteiger partial charge in [-0.15, -0.1) is 24.0 Å². The highest BCUT2D eigenvalue weighted by molar-refractivity contribution is 14.0. The van der Waals surface area contributed by atoms with E-state index in [9.17, 15) is 0 Å². The summed E-state index contributed by atoms with van der Waals surface area (Å²) in [5.41, 5.74) is 2.65. The fourth-order valence-corrected chi connectivity index (χ4v) is 4.53. The molecule has 0 amide bonds. The van der Waals surface area contributed by atoms with Crippen LogP contribution in [0.1, 0.15) is 38.2 Å². The fraction of sp³-hybridized carbons (Fsp3) is 0.650. The zero-order valence-electron chi connectivity index (χ0n) is 16.0. The van der Waals surface area contributed by atoms with Crippen LogP contribution in [0.2, 0.25) is 0 Å². The highest BCUT2D eigenvalue weighted by atomic mass is 127. The Hall–Kier alpha value is -0.630. The molecule has 1 heterocycles. The minimum absolute atomic E-state index is 0. The average Bonchev–Trinajstić information content (AvgIpc) is 2.68. The first-order chi connectivity index (χ1) is 12.2. The molecule has 1 saturated heterocycles. The van der Waals surface area contributed by atoms with Gasteiger partial charge in [-0.3, -0.25) is 4.99 Å². The second-order valence-corrected chi connectivity index (χ2v) is 8.52. The summed E-state index contributed by atoms with van der Waals surface area (Å²) in [6.07, 6.45) is 5.16. The molecule has 0 bridgehead atoms. The van der Waals surface area contributed by atoms with Crippen molar-refractivity contribution >= 4 is 47.4 Å². The maximum atomic E-state index is 4.39. The van der Waals surface area contributed by atoms with E-state index in [-0.39, 0.29) is 24.0 Å². The number of guanidine groups is 1. The average molecular weight is 488 g/mol. The maximum absolute atomic E-state index is 4.39. The molecular weight excluding hydrogens is 455 g/mol. The Balaban J connectivity index is 0.00000243. The number of hydrogen-bond donors (Lipinski definition) is 2. The molecule has 1 aromatic carbocycles. The predicted molar refractivity (Wildman–Crippen MR) is 126 cm³/mol. The summed E-state index contributed by atoms with van der Waals surface area (Å²) in [7, 11) is 1.86. The summed E-state index contributed by atoms with van der Waals surface area (Å²) in [6, 6.07) is 9.55. The molecule has 4 nitrogen and oxygen atoms in total. The molecule has 1 aromatic rings. The van der Waals surface area contributed by atoms with Gasteiger partial charge in [-0.2, -0.15) is 11.8 Å². The lowest BCUT2D eigenvalue weighted by molar-refractivity contribution is 0.329. The Morgan fingerprint density at radius 2 is 1.77 bits per heavy atom. The molecular formula is C20H33IN4S. The van der Waals surface area contributed by atoms with E-state index in [1.54, 1.807) is 0 Å². The molecule has 26 heavy (non-hydrogen) atoms. The Kier molecular flexibility index (Phi) is 9.39. The monoisotopic (exact) mass is 488 g/mol. The van der Waals surface area contributed by atoms with Gasteiger partial charge in [0.1, 0.15) is 0 Å². The van der Waals surface area contributed by atoms with Gasteiger partial charge in [-0.1, -0.05) is 19.1 Å². The van der Waals surface area contributed by atoms with Crippen LogP contribution in [0.5, 0.6) is 0 Å². The number of benzene rings is 1. The molecule has 1 aliphatic heterocycles. The third-order valence-electron chi connectivity index (χ3n) is 5.35. The molecule has 0 unspecified atom stereocenters. The molecule has 2 N–H and O–H groups in total. The summed E-state index contributed by atoms with van der Waals surface area (Å²) in [5, 5.41) is 7.05. The smallest absolute Gasteiger partial charge is 0.191 e. The number of rotatable bonds is 4. The van der Waals surface area contributed by atoms with Crippen molar-refractivity contribution in [2.45, 2.75) is 45.2 Å². The van der Waals surface area contributed by atoms with Crippen LogP contribution in [0, 0.1) is 5.92 Å². The molecule has 1 saturated carbocycles. The van der Waals surface area contributed by atoms with E-state index in [1.165, 1.54) is 61.5 Å². The van der Waals surface area contributed by atoms with Gasteiger partial charge in [0, 0.05) is 49.9 Å². The van der Waals surface area contributed by atoms with Crippen LogP contribution in [-0.4, -0.2) is 43.6 Å². The molecule has 6 heteroatoms. The van der Waals surface area contributed by atoms with Crippen molar-refractivity contribution in [2.24, 2.45) is 10.9 Å². The Bertz CT molecular complexity index is 549. The number of halogens is 1. The standard InChI is InChI=1S/C20H32N4S.HI/c1-16-3-7-18(8-4-16)23-20(21-2)22-15-17-5-9-19(10-6-17)24-11-13-25-14-12-24;/h5-6,9-10,16,18H,3-4,7-8,11-15H2,1-2H3,(H2,21,22,23);1H. The lowest BCUT2D eigenvalue weighted by Gasteiger charge is -2.29. The normalized spacial score (nSPS) is 23.9. The quantitative estimate of drug-likeness (QED) is 0.381. The van der Waals surface area contributed by atoms with E-state index in [0.717, 1.165) is 18.4 Å². The molecule has 146 valence electrons. The van der Waals surface area contributed by atoms with E-state index < -0.39 is 0 Å². The van der Waals surface area contributed by atoms with Crippen molar-refractivity contribution in [2.75, 3.05) is 36.5 Å². The van der Waals surface area contributed by atoms with Crippen LogP contribution < -0.4 is 15.5 Å². The minimum Gasteiger partial charge on any atom is -0.370 e. The van der Waals surface area contributed by atoms with Gasteiger partial charge in [0.2, 0.25) is 0 Å². The molecule has 2 fully saturated rings. The van der Waals surface area contributed by atoms with Crippen molar-refractivity contribution in [3.8, 4) is 0 Å². The number of aliphatic imine (C=N–C) groups is 1. The first kappa shape index (κ1) is 21.7. The van der Waals surface area contributed by atoms with E-state index in [1.807, 2.05) is 7.05 Å². The van der Waals surface area contributed by atoms with E-state index in [0.29, 0.717) is 6.04 Å². The van der Waals surface area contributed by atoms with Crippen molar-refractivity contribution in [3.05, 3.63) is 29.8 Å². The largest absolute Gasteiger partial charge is 0.370 e. The Labute approximate surface area is 180 Å². The van der Waals surface area contributed by atoms with Crippen molar-refractivity contribution < 1.29 is 0 Å².